The van der Waals surface area contributed by atoms with Gasteiger partial charge in [-0.25, -0.2) is 0 Å². The van der Waals surface area contributed by atoms with Gasteiger partial charge < -0.3 is 4.74 Å². The summed E-state index contributed by atoms with van der Waals surface area (Å²) in [6.45, 7) is 2.60. The highest BCUT2D eigenvalue weighted by Gasteiger charge is 2.51. The Kier molecular flexibility index (Phi) is 1.06. The molecule has 3 heteroatoms. The fourth-order valence-corrected chi connectivity index (χ4v) is 1.65. The van der Waals surface area contributed by atoms with E-state index in [0.29, 0.717) is 0 Å². The van der Waals surface area contributed by atoms with E-state index in [9.17, 15) is 0 Å². The molecule has 51 valence electrons. The van der Waals surface area contributed by atoms with Crippen LogP contribution in [0.3, 0.4) is 0 Å². The summed E-state index contributed by atoms with van der Waals surface area (Å²) in [6.07, 6.45) is 2.34. The molecule has 0 aromatic rings. The van der Waals surface area contributed by atoms with Crippen LogP contribution in [0.15, 0.2) is 0 Å². The van der Waals surface area contributed by atoms with Gasteiger partial charge in [0.2, 0.25) is 12.4 Å². The second-order valence-corrected chi connectivity index (χ2v) is 2.95. The molecule has 2 rings (SSSR count). The Morgan fingerprint density at radius 2 is 2.44 bits per heavy atom. The minimum Gasteiger partial charge on any atom is -0.319 e. The number of ether oxygens (including phenoxy) is 1. The average molecular weight is 128 g/mol. The summed E-state index contributed by atoms with van der Waals surface area (Å²) in [6, 6.07) is 0. The third kappa shape index (κ3) is 0.689. The van der Waals surface area contributed by atoms with Crippen LogP contribution in [0.1, 0.15) is 12.8 Å². The van der Waals surface area contributed by atoms with Crippen molar-refractivity contribution in [3.05, 3.63) is 0 Å². The molecule has 9 heavy (non-hydrogen) atoms. The third-order valence-electron chi connectivity index (χ3n) is 2.27. The molecule has 2 fully saturated rings. The maximum Gasteiger partial charge on any atom is 0.228 e. The maximum atomic E-state index is 5.97. The fourth-order valence-electron chi connectivity index (χ4n) is 1.65. The van der Waals surface area contributed by atoms with Gasteiger partial charge in [0.1, 0.15) is 13.2 Å². The summed E-state index contributed by atoms with van der Waals surface area (Å²) < 4.78 is 5.22. The monoisotopic (exact) mass is 128 g/mol. The topological polar surface area (TPSA) is 41.2 Å². The zero-order valence-corrected chi connectivity index (χ0v) is 5.47. The third-order valence-corrected chi connectivity index (χ3v) is 2.27. The molecule has 0 aromatic carbocycles. The lowest BCUT2D eigenvalue weighted by atomic mass is 10.1. The summed E-state index contributed by atoms with van der Waals surface area (Å²) in [7, 11) is 0. The predicted molar refractivity (Wildman–Crippen MR) is 34.0 cm³/mol. The zero-order chi connectivity index (χ0) is 6.32. The van der Waals surface area contributed by atoms with Crippen LogP contribution in [0.25, 0.3) is 0 Å². The Morgan fingerprint density at radius 1 is 1.56 bits per heavy atom. The van der Waals surface area contributed by atoms with Crippen LogP contribution >= 0.6 is 0 Å². The molecule has 2 aliphatic rings. The molecule has 2 N–H and O–H groups in total. The van der Waals surface area contributed by atoms with E-state index in [4.69, 9.17) is 10.5 Å². The van der Waals surface area contributed by atoms with Crippen molar-refractivity contribution in [1.82, 2.24) is 4.90 Å². The fraction of sp³-hybridized carbons (Fsp3) is 1.00. The molecule has 0 unspecified atom stereocenters. The first-order chi connectivity index (χ1) is 4.31. The Hall–Kier alpha value is -0.120. The van der Waals surface area contributed by atoms with Crippen molar-refractivity contribution in [1.29, 1.82) is 0 Å². The van der Waals surface area contributed by atoms with Crippen molar-refractivity contribution in [2.45, 2.75) is 18.5 Å². The van der Waals surface area contributed by atoms with Crippen molar-refractivity contribution in [2.24, 2.45) is 5.73 Å². The standard InChI is InChI=1S/C6H12N2O/c7-6-2-1-3-8(6)5-9-4-6/h1-5,7H2/q+1/t6-/m1/s1. The van der Waals surface area contributed by atoms with Crippen molar-refractivity contribution < 1.29 is 4.74 Å². The normalized spacial score (nSPS) is 43.7. The van der Waals surface area contributed by atoms with Crippen molar-refractivity contribution in [3.8, 4) is 0 Å². The Labute approximate surface area is 54.8 Å². The molecule has 0 spiro atoms. The second kappa shape index (κ2) is 1.68. The molecule has 0 bridgehead atoms. The lowest BCUT2D eigenvalue weighted by Crippen LogP contribution is -2.52. The van der Waals surface area contributed by atoms with Gasteiger partial charge in [-0.1, -0.05) is 0 Å². The SMILES string of the molecule is N[C@]12CCC[N+]1COC2. The first-order valence-corrected chi connectivity index (χ1v) is 3.43. The average Bonchev–Trinajstić information content (AvgIpc) is 2.22. The van der Waals surface area contributed by atoms with Crippen LogP contribution in [0.4, 0.5) is 0 Å². The van der Waals surface area contributed by atoms with E-state index in [1.807, 2.05) is 0 Å². The summed E-state index contributed by atoms with van der Waals surface area (Å²) >= 11 is 0. The van der Waals surface area contributed by atoms with Gasteiger partial charge in [-0.2, -0.15) is 0 Å². The Bertz CT molecular complexity index is 116. The molecular formula is C6H12N2O+. The predicted octanol–water partition coefficient (Wildman–Crippen LogP) is -0.437. The summed E-state index contributed by atoms with van der Waals surface area (Å²) in [5.74, 6) is 0. The maximum absolute atomic E-state index is 5.97. The van der Waals surface area contributed by atoms with Crippen molar-refractivity contribution in [2.75, 3.05) is 19.9 Å². The smallest absolute Gasteiger partial charge is 0.228 e. The highest BCUT2D eigenvalue weighted by Crippen LogP contribution is 2.25. The molecule has 2 heterocycles. The minimum absolute atomic E-state index is 0.0833. The number of hydrogen-bond donors (Lipinski definition) is 1. The van der Waals surface area contributed by atoms with Gasteiger partial charge in [0.05, 0.1) is 0 Å². The molecule has 1 radical (unpaired) electrons. The number of hydrogen-bond acceptors (Lipinski definition) is 3. The lowest BCUT2D eigenvalue weighted by molar-refractivity contribution is 0.165. The summed E-state index contributed by atoms with van der Waals surface area (Å²) in [5.41, 5.74) is 5.88. The van der Waals surface area contributed by atoms with E-state index >= 15 is 0 Å². The second-order valence-electron chi connectivity index (χ2n) is 2.95. The van der Waals surface area contributed by atoms with Crippen LogP contribution < -0.4 is 10.6 Å². The molecule has 3 nitrogen and oxygen atoms in total. The van der Waals surface area contributed by atoms with Crippen molar-refractivity contribution >= 4 is 0 Å². The van der Waals surface area contributed by atoms with Crippen LogP contribution in [-0.4, -0.2) is 25.5 Å². The quantitative estimate of drug-likeness (QED) is 0.449. The van der Waals surface area contributed by atoms with Gasteiger partial charge in [0.15, 0.2) is 0 Å². The van der Waals surface area contributed by atoms with Gasteiger partial charge in [-0.3, -0.25) is 5.73 Å². The highest BCUT2D eigenvalue weighted by molar-refractivity contribution is 4.96. The molecule has 0 aliphatic carbocycles. The zero-order valence-electron chi connectivity index (χ0n) is 5.47. The van der Waals surface area contributed by atoms with Crippen LogP contribution in [0.2, 0.25) is 0 Å². The minimum atomic E-state index is -0.0833. The summed E-state index contributed by atoms with van der Waals surface area (Å²) in [5, 5.41) is 0. The molecular weight excluding hydrogens is 116 g/mol. The van der Waals surface area contributed by atoms with Crippen LogP contribution in [-0.2, 0) is 4.74 Å². The number of nitrogens with two attached hydrogens (primary N) is 1. The van der Waals surface area contributed by atoms with E-state index in [1.165, 1.54) is 6.42 Å². The van der Waals surface area contributed by atoms with E-state index in [0.717, 1.165) is 26.3 Å². The molecule has 2 aliphatic heterocycles. The highest BCUT2D eigenvalue weighted by atomic mass is 16.5. The van der Waals surface area contributed by atoms with Crippen LogP contribution in [0, 0.1) is 0 Å². The number of nitrogens with zero attached hydrogens (tertiary/aromatic N) is 1. The molecule has 2 saturated heterocycles. The van der Waals surface area contributed by atoms with Gasteiger partial charge in [0, 0.05) is 12.8 Å². The first kappa shape index (κ1) is 5.65. The number of fused-ring (bicyclic) bond motifs is 1. The van der Waals surface area contributed by atoms with E-state index < -0.39 is 0 Å². The van der Waals surface area contributed by atoms with Gasteiger partial charge >= 0.3 is 0 Å². The molecule has 0 amide bonds. The first-order valence-electron chi connectivity index (χ1n) is 3.43. The van der Waals surface area contributed by atoms with Crippen molar-refractivity contribution in [3.63, 3.8) is 0 Å². The largest absolute Gasteiger partial charge is 0.319 e. The molecule has 1 atom stereocenters. The molecule has 0 aromatic heterocycles. The van der Waals surface area contributed by atoms with E-state index in [2.05, 4.69) is 4.90 Å². The van der Waals surface area contributed by atoms with E-state index in [1.54, 1.807) is 0 Å². The summed E-state index contributed by atoms with van der Waals surface area (Å²) in [4.78, 5) is 2.22. The van der Waals surface area contributed by atoms with Gasteiger partial charge in [-0.15, -0.1) is 4.90 Å². The van der Waals surface area contributed by atoms with Gasteiger partial charge in [0.25, 0.3) is 0 Å². The van der Waals surface area contributed by atoms with Crippen LogP contribution in [0.5, 0.6) is 0 Å². The lowest BCUT2D eigenvalue weighted by Gasteiger charge is -2.12. The van der Waals surface area contributed by atoms with Gasteiger partial charge in [-0.05, 0) is 0 Å². The van der Waals surface area contributed by atoms with E-state index in [-0.39, 0.29) is 5.66 Å². The Morgan fingerprint density at radius 3 is 3.22 bits per heavy atom. The number of rotatable bonds is 0. The molecule has 0 saturated carbocycles. The Balaban J connectivity index is 2.17.